The number of halogens is 4. The Balaban J connectivity index is 2.20. The van der Waals surface area contributed by atoms with Crippen molar-refractivity contribution in [1.29, 1.82) is 0 Å². The molecule has 3 rings (SSSR count). The lowest BCUT2D eigenvalue weighted by Gasteiger charge is -2.09. The maximum Gasteiger partial charge on any atom is 0.416 e. The predicted molar refractivity (Wildman–Crippen MR) is 76.0 cm³/mol. The number of nitrogens with two attached hydrogens (primary N) is 1. The van der Waals surface area contributed by atoms with Gasteiger partial charge in [-0.15, -0.1) is 0 Å². The topological polar surface area (TPSA) is 54.7 Å². The Bertz CT molecular complexity index is 824. The van der Waals surface area contributed by atoms with E-state index in [1.165, 1.54) is 6.07 Å². The summed E-state index contributed by atoms with van der Waals surface area (Å²) in [5.41, 5.74) is 6.51. The van der Waals surface area contributed by atoms with Crippen LogP contribution in [0.1, 0.15) is 5.56 Å². The van der Waals surface area contributed by atoms with Crippen LogP contribution >= 0.6 is 11.6 Å². The fourth-order valence-electron chi connectivity index (χ4n) is 2.06. The molecular weight excluding hydrogens is 303 g/mol. The molecular formula is C14H9ClF3N3. The van der Waals surface area contributed by atoms with Crippen molar-refractivity contribution >= 4 is 28.3 Å². The molecule has 3 N–H and O–H groups in total. The van der Waals surface area contributed by atoms with Gasteiger partial charge in [-0.25, -0.2) is 4.98 Å². The molecule has 0 spiro atoms. The molecule has 0 atom stereocenters. The number of alkyl halides is 3. The average molecular weight is 312 g/mol. The number of hydrogen-bond donors (Lipinski definition) is 2. The Kier molecular flexibility index (Phi) is 3.06. The molecule has 0 saturated carbocycles. The SMILES string of the molecule is Nc1ccc(C(F)(F)F)cc1-c1nc2c(Cl)cccc2[nH]1. The van der Waals surface area contributed by atoms with Crippen molar-refractivity contribution in [3.63, 3.8) is 0 Å². The highest BCUT2D eigenvalue weighted by atomic mass is 35.5. The number of anilines is 1. The van der Waals surface area contributed by atoms with Crippen molar-refractivity contribution in [2.24, 2.45) is 0 Å². The zero-order valence-electron chi connectivity index (χ0n) is 10.5. The van der Waals surface area contributed by atoms with Gasteiger partial charge >= 0.3 is 6.18 Å². The fourth-order valence-corrected chi connectivity index (χ4v) is 2.28. The lowest BCUT2D eigenvalue weighted by Crippen LogP contribution is -2.06. The lowest BCUT2D eigenvalue weighted by molar-refractivity contribution is -0.137. The van der Waals surface area contributed by atoms with Crippen molar-refractivity contribution in [2.75, 3.05) is 5.73 Å². The number of para-hydroxylation sites is 1. The van der Waals surface area contributed by atoms with Crippen LogP contribution < -0.4 is 5.73 Å². The number of aromatic amines is 1. The van der Waals surface area contributed by atoms with E-state index in [1.54, 1.807) is 18.2 Å². The van der Waals surface area contributed by atoms with Gasteiger partial charge in [0, 0.05) is 11.3 Å². The van der Waals surface area contributed by atoms with Crippen LogP contribution in [0, 0.1) is 0 Å². The summed E-state index contributed by atoms with van der Waals surface area (Å²) >= 11 is 6.01. The Hall–Kier alpha value is -2.21. The van der Waals surface area contributed by atoms with Gasteiger partial charge in [-0.2, -0.15) is 13.2 Å². The standard InChI is InChI=1S/C14H9ClF3N3/c15-9-2-1-3-11-12(9)21-13(20-11)8-6-7(14(16,17)18)4-5-10(8)19/h1-6H,19H2,(H,20,21). The molecule has 0 aliphatic carbocycles. The van der Waals surface area contributed by atoms with Crippen molar-refractivity contribution in [3.05, 3.63) is 47.0 Å². The highest BCUT2D eigenvalue weighted by Crippen LogP contribution is 2.35. The van der Waals surface area contributed by atoms with E-state index in [4.69, 9.17) is 17.3 Å². The molecule has 0 aliphatic heterocycles. The summed E-state index contributed by atoms with van der Waals surface area (Å²) in [6, 6.07) is 8.25. The Morgan fingerprint density at radius 2 is 1.90 bits per heavy atom. The molecule has 1 heterocycles. The van der Waals surface area contributed by atoms with Gasteiger partial charge in [0.2, 0.25) is 0 Å². The lowest BCUT2D eigenvalue weighted by atomic mass is 10.1. The molecule has 21 heavy (non-hydrogen) atoms. The number of nitrogens with zero attached hydrogens (tertiary/aromatic N) is 1. The number of nitrogen functional groups attached to an aromatic ring is 1. The molecule has 0 aliphatic rings. The Labute approximate surface area is 122 Å². The van der Waals surface area contributed by atoms with E-state index in [-0.39, 0.29) is 17.1 Å². The number of aromatic nitrogens is 2. The van der Waals surface area contributed by atoms with Crippen LogP contribution in [0.3, 0.4) is 0 Å². The minimum Gasteiger partial charge on any atom is -0.398 e. The van der Waals surface area contributed by atoms with E-state index >= 15 is 0 Å². The molecule has 0 amide bonds. The molecule has 0 bridgehead atoms. The van der Waals surface area contributed by atoms with Crippen LogP contribution in [0.5, 0.6) is 0 Å². The minimum atomic E-state index is -4.44. The maximum atomic E-state index is 12.8. The maximum absolute atomic E-state index is 12.8. The first kappa shape index (κ1) is 13.8. The first-order valence-electron chi connectivity index (χ1n) is 5.97. The monoisotopic (exact) mass is 311 g/mol. The summed E-state index contributed by atoms with van der Waals surface area (Å²) in [7, 11) is 0. The molecule has 0 unspecified atom stereocenters. The summed E-state index contributed by atoms with van der Waals surface area (Å²) in [6.07, 6.45) is -4.44. The molecule has 3 aromatic rings. The number of fused-ring (bicyclic) bond motifs is 1. The number of nitrogens with one attached hydrogen (secondary N) is 1. The second-order valence-corrected chi connectivity index (χ2v) is 4.93. The van der Waals surface area contributed by atoms with E-state index in [9.17, 15) is 13.2 Å². The van der Waals surface area contributed by atoms with E-state index < -0.39 is 11.7 Å². The van der Waals surface area contributed by atoms with Crippen LogP contribution in [0.25, 0.3) is 22.4 Å². The van der Waals surface area contributed by atoms with Gasteiger partial charge in [0.15, 0.2) is 0 Å². The van der Waals surface area contributed by atoms with E-state index in [0.717, 1.165) is 12.1 Å². The number of H-pyrrole nitrogens is 1. The quantitative estimate of drug-likeness (QED) is 0.651. The highest BCUT2D eigenvalue weighted by molar-refractivity contribution is 6.35. The van der Waals surface area contributed by atoms with Crippen LogP contribution in [0.2, 0.25) is 5.02 Å². The van der Waals surface area contributed by atoms with Crippen molar-refractivity contribution in [2.45, 2.75) is 6.18 Å². The number of benzene rings is 2. The van der Waals surface area contributed by atoms with Crippen LogP contribution in [-0.2, 0) is 6.18 Å². The third kappa shape index (κ3) is 2.42. The van der Waals surface area contributed by atoms with Gasteiger partial charge in [0.05, 0.1) is 16.1 Å². The summed E-state index contributed by atoms with van der Waals surface area (Å²) in [4.78, 5) is 7.16. The van der Waals surface area contributed by atoms with Crippen LogP contribution in [0.4, 0.5) is 18.9 Å². The highest BCUT2D eigenvalue weighted by Gasteiger charge is 2.31. The van der Waals surface area contributed by atoms with Gasteiger partial charge in [-0.1, -0.05) is 17.7 Å². The second kappa shape index (κ2) is 4.66. The third-order valence-electron chi connectivity index (χ3n) is 3.10. The molecule has 0 fully saturated rings. The molecule has 2 aromatic carbocycles. The van der Waals surface area contributed by atoms with E-state index in [0.29, 0.717) is 16.1 Å². The molecule has 0 saturated heterocycles. The molecule has 1 aromatic heterocycles. The van der Waals surface area contributed by atoms with Gasteiger partial charge in [-0.05, 0) is 30.3 Å². The number of rotatable bonds is 1. The van der Waals surface area contributed by atoms with Crippen LogP contribution in [-0.4, -0.2) is 9.97 Å². The number of hydrogen-bond acceptors (Lipinski definition) is 2. The average Bonchev–Trinajstić information content (AvgIpc) is 2.83. The normalized spacial score (nSPS) is 12.0. The predicted octanol–water partition coefficient (Wildman–Crippen LogP) is 4.48. The van der Waals surface area contributed by atoms with Gasteiger partial charge < -0.3 is 10.7 Å². The zero-order valence-corrected chi connectivity index (χ0v) is 11.3. The molecule has 3 nitrogen and oxygen atoms in total. The van der Waals surface area contributed by atoms with Crippen LogP contribution in [0.15, 0.2) is 36.4 Å². The first-order valence-corrected chi connectivity index (χ1v) is 6.35. The number of imidazole rings is 1. The smallest absolute Gasteiger partial charge is 0.398 e. The van der Waals surface area contributed by atoms with Gasteiger partial charge in [0.25, 0.3) is 0 Å². The molecule has 108 valence electrons. The fraction of sp³-hybridized carbons (Fsp3) is 0.0714. The third-order valence-corrected chi connectivity index (χ3v) is 3.40. The van der Waals surface area contributed by atoms with Crippen molar-refractivity contribution in [3.8, 4) is 11.4 Å². The molecule has 0 radical (unpaired) electrons. The van der Waals surface area contributed by atoms with Crippen molar-refractivity contribution in [1.82, 2.24) is 9.97 Å². The summed E-state index contributed by atoms with van der Waals surface area (Å²) in [5, 5.41) is 0.417. The van der Waals surface area contributed by atoms with E-state index in [2.05, 4.69) is 9.97 Å². The van der Waals surface area contributed by atoms with Crippen molar-refractivity contribution < 1.29 is 13.2 Å². The Morgan fingerprint density at radius 3 is 2.57 bits per heavy atom. The second-order valence-electron chi connectivity index (χ2n) is 4.52. The zero-order chi connectivity index (χ0) is 15.2. The summed E-state index contributed by atoms with van der Waals surface area (Å²) < 4.78 is 38.4. The largest absolute Gasteiger partial charge is 0.416 e. The van der Waals surface area contributed by atoms with E-state index in [1.807, 2.05) is 0 Å². The van der Waals surface area contributed by atoms with Gasteiger partial charge in [0.1, 0.15) is 11.3 Å². The molecule has 7 heteroatoms. The summed E-state index contributed by atoms with van der Waals surface area (Å²) in [6.45, 7) is 0. The minimum absolute atomic E-state index is 0.192. The first-order chi connectivity index (χ1) is 9.86. The van der Waals surface area contributed by atoms with Gasteiger partial charge in [-0.3, -0.25) is 0 Å². The summed E-state index contributed by atoms with van der Waals surface area (Å²) in [5.74, 6) is 0.252. The Morgan fingerprint density at radius 1 is 1.14 bits per heavy atom.